The van der Waals surface area contributed by atoms with Gasteiger partial charge in [-0.25, -0.2) is 0 Å². The van der Waals surface area contributed by atoms with Crippen LogP contribution >= 0.6 is 28.3 Å². The molecule has 0 saturated carbocycles. The van der Waals surface area contributed by atoms with E-state index >= 15 is 0 Å². The van der Waals surface area contributed by atoms with Gasteiger partial charge in [-0.3, -0.25) is 0 Å². The predicted molar refractivity (Wildman–Crippen MR) is 94.5 cm³/mol. The van der Waals surface area contributed by atoms with Crippen molar-refractivity contribution in [2.75, 3.05) is 13.2 Å². The number of nitrogens with one attached hydrogen (secondary N) is 1. The van der Waals surface area contributed by atoms with Crippen LogP contribution < -0.4 is 5.32 Å². The number of hydrogen-bond donors (Lipinski definition) is 1. The van der Waals surface area contributed by atoms with Crippen LogP contribution in [0.5, 0.6) is 0 Å². The predicted octanol–water partition coefficient (Wildman–Crippen LogP) is 4.71. The maximum atomic E-state index is 5.91. The highest BCUT2D eigenvalue weighted by Crippen LogP contribution is 2.26. The molecule has 120 valence electrons. The van der Waals surface area contributed by atoms with E-state index in [1.807, 2.05) is 12.1 Å². The van der Waals surface area contributed by atoms with Crippen molar-refractivity contribution in [3.8, 4) is 11.3 Å². The monoisotopic (exact) mass is 385 g/mol. The van der Waals surface area contributed by atoms with Crippen molar-refractivity contribution in [2.45, 2.75) is 32.4 Å². The average molecular weight is 387 g/mol. The lowest BCUT2D eigenvalue weighted by Crippen LogP contribution is -2.25. The molecule has 5 heteroatoms. The Morgan fingerprint density at radius 1 is 1.27 bits per heavy atom. The summed E-state index contributed by atoms with van der Waals surface area (Å²) in [6.07, 6.45) is 2.71. The average Bonchev–Trinajstić information content (AvgIpc) is 3.13. The summed E-state index contributed by atoms with van der Waals surface area (Å²) in [5.74, 6) is 1.88. The van der Waals surface area contributed by atoms with Crippen LogP contribution in [0.25, 0.3) is 11.3 Å². The van der Waals surface area contributed by atoms with Crippen LogP contribution in [0.1, 0.15) is 24.2 Å². The highest BCUT2D eigenvalue weighted by Gasteiger charge is 2.14. The maximum absolute atomic E-state index is 5.91. The van der Waals surface area contributed by atoms with Crippen LogP contribution in [0, 0.1) is 6.92 Å². The Hall–Kier alpha value is -0.810. The molecule has 1 unspecified atom stereocenters. The number of rotatable bonds is 5. The molecule has 2 heterocycles. The molecule has 1 aromatic carbocycles. The first-order chi connectivity index (χ1) is 10.2. The van der Waals surface area contributed by atoms with E-state index in [0.717, 1.165) is 47.7 Å². The Morgan fingerprint density at radius 3 is 2.86 bits per heavy atom. The number of benzene rings is 1. The highest BCUT2D eigenvalue weighted by molar-refractivity contribution is 9.10. The molecule has 1 N–H and O–H groups in total. The first-order valence-electron chi connectivity index (χ1n) is 7.40. The number of hydrogen-bond acceptors (Lipinski definition) is 3. The minimum absolute atomic E-state index is 0. The molecule has 0 spiro atoms. The lowest BCUT2D eigenvalue weighted by atomic mass is 10.1. The van der Waals surface area contributed by atoms with Gasteiger partial charge in [0.2, 0.25) is 0 Å². The summed E-state index contributed by atoms with van der Waals surface area (Å²) in [5.41, 5.74) is 2.32. The van der Waals surface area contributed by atoms with Crippen molar-refractivity contribution in [3.05, 3.63) is 46.1 Å². The molecule has 1 fully saturated rings. The van der Waals surface area contributed by atoms with Gasteiger partial charge in [0.15, 0.2) is 0 Å². The molecule has 1 aliphatic rings. The molecule has 1 atom stereocenters. The lowest BCUT2D eigenvalue weighted by molar-refractivity contribution is 0.109. The van der Waals surface area contributed by atoms with Gasteiger partial charge in [-0.2, -0.15) is 0 Å². The third-order valence-electron chi connectivity index (χ3n) is 3.80. The fourth-order valence-electron chi connectivity index (χ4n) is 2.59. The standard InChI is InChI=1S/C17H20BrNO2.ClH/c1-12-9-13(4-6-16(12)18)17-7-5-15(21-17)11-19-10-14-3-2-8-20-14;/h4-7,9,14,19H,2-3,8,10-11H2,1H3;1H. The molecule has 1 saturated heterocycles. The summed E-state index contributed by atoms with van der Waals surface area (Å²) >= 11 is 3.52. The van der Waals surface area contributed by atoms with E-state index in [9.17, 15) is 0 Å². The smallest absolute Gasteiger partial charge is 0.134 e. The third kappa shape index (κ3) is 4.35. The van der Waals surface area contributed by atoms with E-state index in [1.165, 1.54) is 12.0 Å². The van der Waals surface area contributed by atoms with Gasteiger partial charge in [-0.15, -0.1) is 12.4 Å². The molecule has 0 bridgehead atoms. The molecule has 1 aromatic heterocycles. The summed E-state index contributed by atoms with van der Waals surface area (Å²) in [7, 11) is 0. The molecule has 3 rings (SSSR count). The SMILES string of the molecule is Cc1cc(-c2ccc(CNCC3CCCO3)o2)ccc1Br.Cl. The maximum Gasteiger partial charge on any atom is 0.134 e. The van der Waals surface area contributed by atoms with Crippen LogP contribution in [0.15, 0.2) is 39.2 Å². The van der Waals surface area contributed by atoms with Gasteiger partial charge < -0.3 is 14.5 Å². The van der Waals surface area contributed by atoms with E-state index in [-0.39, 0.29) is 12.4 Å². The van der Waals surface area contributed by atoms with Crippen molar-refractivity contribution in [3.63, 3.8) is 0 Å². The van der Waals surface area contributed by atoms with Crippen LogP contribution in [0.2, 0.25) is 0 Å². The summed E-state index contributed by atoms with van der Waals surface area (Å²) in [5, 5.41) is 3.40. The Balaban J connectivity index is 0.00000176. The molecule has 0 radical (unpaired) electrons. The minimum Gasteiger partial charge on any atom is -0.460 e. The summed E-state index contributed by atoms with van der Waals surface area (Å²) in [4.78, 5) is 0. The van der Waals surface area contributed by atoms with Crippen LogP contribution in [0.4, 0.5) is 0 Å². The summed E-state index contributed by atoms with van der Waals surface area (Å²) in [6, 6.07) is 10.3. The fourth-order valence-corrected chi connectivity index (χ4v) is 2.83. The van der Waals surface area contributed by atoms with Crippen LogP contribution in [-0.4, -0.2) is 19.3 Å². The normalized spacial score (nSPS) is 17.5. The van der Waals surface area contributed by atoms with Crippen LogP contribution in [-0.2, 0) is 11.3 Å². The van der Waals surface area contributed by atoms with Gasteiger partial charge in [-0.05, 0) is 49.6 Å². The first kappa shape index (κ1) is 17.5. The van der Waals surface area contributed by atoms with Gasteiger partial charge >= 0.3 is 0 Å². The Morgan fingerprint density at radius 2 is 2.14 bits per heavy atom. The summed E-state index contributed by atoms with van der Waals surface area (Å²) < 4.78 is 12.6. The summed E-state index contributed by atoms with van der Waals surface area (Å²) in [6.45, 7) is 4.63. The van der Waals surface area contributed by atoms with E-state index in [0.29, 0.717) is 6.10 Å². The Labute approximate surface area is 146 Å². The number of aryl methyl sites for hydroxylation is 1. The molecule has 22 heavy (non-hydrogen) atoms. The number of halogens is 2. The number of furan rings is 1. The van der Waals surface area contributed by atoms with E-state index < -0.39 is 0 Å². The quantitative estimate of drug-likeness (QED) is 0.808. The second kappa shape index (κ2) is 8.16. The topological polar surface area (TPSA) is 34.4 Å². The van der Waals surface area contributed by atoms with Gasteiger partial charge in [0.25, 0.3) is 0 Å². The Kier molecular flexibility index (Phi) is 6.50. The second-order valence-electron chi connectivity index (χ2n) is 5.50. The van der Waals surface area contributed by atoms with E-state index in [2.05, 4.69) is 46.4 Å². The van der Waals surface area contributed by atoms with Crippen LogP contribution in [0.3, 0.4) is 0 Å². The third-order valence-corrected chi connectivity index (χ3v) is 4.69. The second-order valence-corrected chi connectivity index (χ2v) is 6.35. The zero-order valence-corrected chi connectivity index (χ0v) is 15.0. The molecular weight excluding hydrogens is 366 g/mol. The lowest BCUT2D eigenvalue weighted by Gasteiger charge is -2.09. The zero-order valence-electron chi connectivity index (χ0n) is 12.6. The highest BCUT2D eigenvalue weighted by atomic mass is 79.9. The van der Waals surface area contributed by atoms with Crippen molar-refractivity contribution in [1.29, 1.82) is 0 Å². The van der Waals surface area contributed by atoms with Gasteiger partial charge in [0, 0.05) is 23.2 Å². The van der Waals surface area contributed by atoms with Crippen molar-refractivity contribution < 1.29 is 9.15 Å². The van der Waals surface area contributed by atoms with Crippen molar-refractivity contribution >= 4 is 28.3 Å². The first-order valence-corrected chi connectivity index (χ1v) is 8.19. The Bertz CT molecular complexity index is 608. The molecular formula is C17H21BrClNO2. The number of ether oxygens (including phenoxy) is 1. The van der Waals surface area contributed by atoms with Crippen molar-refractivity contribution in [1.82, 2.24) is 5.32 Å². The van der Waals surface area contributed by atoms with Gasteiger partial charge in [0.05, 0.1) is 12.6 Å². The van der Waals surface area contributed by atoms with E-state index in [4.69, 9.17) is 9.15 Å². The zero-order chi connectivity index (χ0) is 14.7. The molecule has 2 aromatic rings. The molecule has 1 aliphatic heterocycles. The van der Waals surface area contributed by atoms with E-state index in [1.54, 1.807) is 0 Å². The molecule has 0 aliphatic carbocycles. The molecule has 3 nitrogen and oxygen atoms in total. The largest absolute Gasteiger partial charge is 0.460 e. The fraction of sp³-hybridized carbons (Fsp3) is 0.412. The minimum atomic E-state index is 0. The van der Waals surface area contributed by atoms with Crippen molar-refractivity contribution in [2.24, 2.45) is 0 Å². The van der Waals surface area contributed by atoms with Gasteiger partial charge in [-0.1, -0.05) is 22.0 Å². The van der Waals surface area contributed by atoms with Gasteiger partial charge in [0.1, 0.15) is 11.5 Å². The molecule has 0 amide bonds.